The van der Waals surface area contributed by atoms with Crippen LogP contribution < -0.4 is 10.5 Å². The van der Waals surface area contributed by atoms with E-state index in [1.165, 1.54) is 0 Å². The largest absolute Gasteiger partial charge is 0.496 e. The molecular weight excluding hydrogens is 270 g/mol. The summed E-state index contributed by atoms with van der Waals surface area (Å²) in [6.45, 7) is 0.629. The minimum absolute atomic E-state index is 0.0997. The highest BCUT2D eigenvalue weighted by molar-refractivity contribution is 7.09. The Morgan fingerprint density at radius 1 is 1.35 bits per heavy atom. The van der Waals surface area contributed by atoms with Crippen LogP contribution in [0.25, 0.3) is 0 Å². The van der Waals surface area contributed by atoms with E-state index >= 15 is 0 Å². The van der Waals surface area contributed by atoms with Crippen molar-refractivity contribution in [2.45, 2.75) is 12.5 Å². The van der Waals surface area contributed by atoms with Crippen molar-refractivity contribution in [1.29, 1.82) is 0 Å². The van der Waals surface area contributed by atoms with E-state index in [0.29, 0.717) is 6.54 Å². The highest BCUT2D eigenvalue weighted by atomic mass is 32.1. The van der Waals surface area contributed by atoms with Crippen molar-refractivity contribution in [2.24, 2.45) is 5.73 Å². The molecule has 2 aromatic rings. The van der Waals surface area contributed by atoms with Crippen molar-refractivity contribution in [3.05, 3.63) is 45.9 Å². The third-order valence-electron chi connectivity index (χ3n) is 3.15. The molecule has 20 heavy (non-hydrogen) atoms. The fraction of sp³-hybridized carbons (Fsp3) is 0.400. The first kappa shape index (κ1) is 15.0. The van der Waals surface area contributed by atoms with E-state index in [4.69, 9.17) is 15.5 Å². The van der Waals surface area contributed by atoms with E-state index < -0.39 is 0 Å². The van der Waals surface area contributed by atoms with Crippen molar-refractivity contribution >= 4 is 11.3 Å². The Morgan fingerprint density at radius 3 is 2.75 bits per heavy atom. The van der Waals surface area contributed by atoms with E-state index in [1.807, 2.05) is 18.2 Å². The quantitative estimate of drug-likeness (QED) is 0.887. The van der Waals surface area contributed by atoms with Crippen LogP contribution in [0.3, 0.4) is 0 Å². The van der Waals surface area contributed by atoms with Crippen LogP contribution in [0.4, 0.5) is 0 Å². The molecular formula is C15H21N3OS. The minimum atomic E-state index is 0.0997. The fourth-order valence-corrected chi connectivity index (χ4v) is 3.30. The van der Waals surface area contributed by atoms with E-state index in [1.54, 1.807) is 18.4 Å². The maximum Gasteiger partial charge on any atom is 0.124 e. The number of benzene rings is 1. The Morgan fingerprint density at radius 2 is 2.10 bits per heavy atom. The maximum atomic E-state index is 5.60. The van der Waals surface area contributed by atoms with Crippen LogP contribution in [-0.2, 0) is 6.42 Å². The monoisotopic (exact) mass is 291 g/mol. The van der Waals surface area contributed by atoms with Crippen molar-refractivity contribution in [3.8, 4) is 5.75 Å². The van der Waals surface area contributed by atoms with Crippen LogP contribution in [0.2, 0.25) is 0 Å². The maximum absolute atomic E-state index is 5.60. The van der Waals surface area contributed by atoms with Crippen molar-refractivity contribution in [1.82, 2.24) is 9.88 Å². The molecule has 0 radical (unpaired) electrons. The Bertz CT molecular complexity index is 554. The molecule has 5 heteroatoms. The number of aromatic nitrogens is 1. The predicted molar refractivity (Wildman–Crippen MR) is 83.4 cm³/mol. The second-order valence-electron chi connectivity index (χ2n) is 4.82. The second kappa shape index (κ2) is 6.83. The van der Waals surface area contributed by atoms with Gasteiger partial charge >= 0.3 is 0 Å². The number of ether oxygens (including phenoxy) is 1. The van der Waals surface area contributed by atoms with Gasteiger partial charge in [0.1, 0.15) is 10.8 Å². The van der Waals surface area contributed by atoms with Gasteiger partial charge in [-0.3, -0.25) is 4.90 Å². The van der Waals surface area contributed by atoms with Crippen molar-refractivity contribution in [2.75, 3.05) is 27.7 Å². The van der Waals surface area contributed by atoms with Gasteiger partial charge in [0.2, 0.25) is 0 Å². The molecule has 1 aromatic carbocycles. The summed E-state index contributed by atoms with van der Waals surface area (Å²) in [6.07, 6.45) is 0.822. The smallest absolute Gasteiger partial charge is 0.124 e. The number of hydrogen-bond acceptors (Lipinski definition) is 5. The van der Waals surface area contributed by atoms with E-state index in [9.17, 15) is 0 Å². The van der Waals surface area contributed by atoms with Crippen LogP contribution >= 0.6 is 11.3 Å². The summed E-state index contributed by atoms with van der Waals surface area (Å²) in [5.74, 6) is 0.891. The van der Waals surface area contributed by atoms with E-state index in [-0.39, 0.29) is 6.04 Å². The minimum Gasteiger partial charge on any atom is -0.496 e. The Hall–Kier alpha value is -1.43. The number of nitrogens with zero attached hydrogens (tertiary/aromatic N) is 2. The van der Waals surface area contributed by atoms with Gasteiger partial charge in [0.05, 0.1) is 18.8 Å². The second-order valence-corrected chi connectivity index (χ2v) is 5.71. The Balaban J connectivity index is 2.39. The SMILES string of the molecule is COc1ccccc1C(c1nc(CCN)cs1)N(C)C. The molecule has 0 saturated carbocycles. The van der Waals surface area contributed by atoms with Gasteiger partial charge in [-0.1, -0.05) is 18.2 Å². The standard InChI is InChI=1S/C15H21N3OS/c1-18(2)14(12-6-4-5-7-13(12)19-3)15-17-11(8-9-16)10-20-15/h4-7,10,14H,8-9,16H2,1-3H3. The first-order chi connectivity index (χ1) is 9.67. The molecule has 1 unspecified atom stereocenters. The zero-order valence-electron chi connectivity index (χ0n) is 12.2. The normalized spacial score (nSPS) is 12.7. The van der Waals surface area contributed by atoms with Gasteiger partial charge in [-0.05, 0) is 26.7 Å². The van der Waals surface area contributed by atoms with Gasteiger partial charge in [0.25, 0.3) is 0 Å². The molecule has 2 rings (SSSR count). The van der Waals surface area contributed by atoms with E-state index in [0.717, 1.165) is 28.4 Å². The molecule has 1 atom stereocenters. The van der Waals surface area contributed by atoms with Crippen molar-refractivity contribution in [3.63, 3.8) is 0 Å². The molecule has 2 N–H and O–H groups in total. The molecule has 0 aliphatic heterocycles. The summed E-state index contributed by atoms with van der Waals surface area (Å²) in [5, 5.41) is 3.16. The third kappa shape index (κ3) is 3.17. The number of hydrogen-bond donors (Lipinski definition) is 1. The topological polar surface area (TPSA) is 51.4 Å². The van der Waals surface area contributed by atoms with Gasteiger partial charge in [-0.2, -0.15) is 0 Å². The fourth-order valence-electron chi connectivity index (χ4n) is 2.24. The lowest BCUT2D eigenvalue weighted by Gasteiger charge is -2.24. The number of nitrogens with two attached hydrogens (primary N) is 1. The van der Waals surface area contributed by atoms with Crippen LogP contribution in [0, 0.1) is 0 Å². The van der Waals surface area contributed by atoms with Gasteiger partial charge in [-0.25, -0.2) is 4.98 Å². The van der Waals surface area contributed by atoms with Crippen molar-refractivity contribution < 1.29 is 4.74 Å². The molecule has 0 saturated heterocycles. The summed E-state index contributed by atoms with van der Waals surface area (Å²) >= 11 is 1.68. The lowest BCUT2D eigenvalue weighted by Crippen LogP contribution is -2.21. The van der Waals surface area contributed by atoms with Crippen LogP contribution in [-0.4, -0.2) is 37.6 Å². The van der Waals surface area contributed by atoms with Gasteiger partial charge in [-0.15, -0.1) is 11.3 Å². The Kier molecular flexibility index (Phi) is 5.11. The summed E-state index contributed by atoms with van der Waals surface area (Å²) in [4.78, 5) is 6.87. The summed E-state index contributed by atoms with van der Waals surface area (Å²) in [7, 11) is 5.81. The van der Waals surface area contributed by atoms with Gasteiger partial charge in [0, 0.05) is 17.4 Å². The molecule has 0 fully saturated rings. The summed E-state index contributed by atoms with van der Waals surface area (Å²) < 4.78 is 5.48. The molecule has 0 spiro atoms. The lowest BCUT2D eigenvalue weighted by molar-refractivity contribution is 0.326. The van der Waals surface area contributed by atoms with E-state index in [2.05, 4.69) is 30.4 Å². The van der Waals surface area contributed by atoms with Gasteiger partial charge in [0.15, 0.2) is 0 Å². The molecule has 4 nitrogen and oxygen atoms in total. The van der Waals surface area contributed by atoms with Crippen LogP contribution in [0.15, 0.2) is 29.6 Å². The number of para-hydroxylation sites is 1. The Labute approximate surface area is 124 Å². The predicted octanol–water partition coefficient (Wildman–Crippen LogP) is 2.30. The lowest BCUT2D eigenvalue weighted by atomic mass is 10.1. The number of rotatable bonds is 6. The molecule has 108 valence electrons. The first-order valence-corrected chi connectivity index (χ1v) is 7.49. The molecule has 0 amide bonds. The van der Waals surface area contributed by atoms with Gasteiger partial charge < -0.3 is 10.5 Å². The third-order valence-corrected chi connectivity index (χ3v) is 4.10. The molecule has 0 aliphatic rings. The summed E-state index contributed by atoms with van der Waals surface area (Å²) in [5.41, 5.74) is 7.79. The average Bonchev–Trinajstić information content (AvgIpc) is 2.88. The highest BCUT2D eigenvalue weighted by Gasteiger charge is 2.23. The first-order valence-electron chi connectivity index (χ1n) is 6.61. The zero-order valence-corrected chi connectivity index (χ0v) is 13.0. The molecule has 1 heterocycles. The molecule has 0 bridgehead atoms. The summed E-state index contributed by atoms with van der Waals surface area (Å²) in [6, 6.07) is 8.19. The molecule has 1 aromatic heterocycles. The number of methoxy groups -OCH3 is 1. The van der Waals surface area contributed by atoms with Crippen LogP contribution in [0.1, 0.15) is 22.3 Å². The number of thiazole rings is 1. The molecule has 0 aliphatic carbocycles. The average molecular weight is 291 g/mol. The highest BCUT2D eigenvalue weighted by Crippen LogP contribution is 2.34. The zero-order chi connectivity index (χ0) is 14.5. The van der Waals surface area contributed by atoms with Crippen LogP contribution in [0.5, 0.6) is 5.75 Å².